The van der Waals surface area contributed by atoms with E-state index in [2.05, 4.69) is 0 Å². The van der Waals surface area contributed by atoms with E-state index in [9.17, 15) is 9.59 Å². The Morgan fingerprint density at radius 1 is 1.35 bits per heavy atom. The Hall–Kier alpha value is -2.35. The summed E-state index contributed by atoms with van der Waals surface area (Å²) in [6.45, 7) is 3.89. The molecule has 106 valence electrons. The van der Waals surface area contributed by atoms with Crippen LogP contribution in [0.15, 0.2) is 24.3 Å². The Labute approximate surface area is 118 Å². The molecule has 0 unspecified atom stereocenters. The first-order valence-corrected chi connectivity index (χ1v) is 6.48. The molecule has 0 aliphatic heterocycles. The Kier molecular flexibility index (Phi) is 6.24. The molecule has 5 heteroatoms. The van der Waals surface area contributed by atoms with E-state index in [0.717, 1.165) is 5.56 Å². The highest BCUT2D eigenvalue weighted by atomic mass is 16.5. The number of anilines is 1. The first-order valence-electron chi connectivity index (χ1n) is 6.48. The van der Waals surface area contributed by atoms with Crippen molar-refractivity contribution in [2.24, 2.45) is 0 Å². The largest absolute Gasteiger partial charge is 0.466 e. The summed E-state index contributed by atoms with van der Waals surface area (Å²) in [6, 6.07) is 9.31. The maximum Gasteiger partial charge on any atom is 0.306 e. The van der Waals surface area contributed by atoms with Crippen molar-refractivity contribution in [3.63, 3.8) is 0 Å². The molecule has 20 heavy (non-hydrogen) atoms. The molecule has 0 aromatic heterocycles. The third-order valence-corrected chi connectivity index (χ3v) is 2.69. The summed E-state index contributed by atoms with van der Waals surface area (Å²) in [5.41, 5.74) is 1.67. The molecule has 0 N–H and O–H groups in total. The van der Waals surface area contributed by atoms with Gasteiger partial charge in [0.1, 0.15) is 6.54 Å². The predicted octanol–water partition coefficient (Wildman–Crippen LogP) is 2.19. The zero-order chi connectivity index (χ0) is 15.0. The fraction of sp³-hybridized carbons (Fsp3) is 0.400. The van der Waals surface area contributed by atoms with Crippen LogP contribution in [0.5, 0.6) is 0 Å². The summed E-state index contributed by atoms with van der Waals surface area (Å²) < 4.78 is 4.78. The number of nitrogens with zero attached hydrogens (tertiary/aromatic N) is 2. The van der Waals surface area contributed by atoms with Crippen LogP contribution in [0.25, 0.3) is 0 Å². The minimum Gasteiger partial charge on any atom is -0.466 e. The average Bonchev–Trinajstić information content (AvgIpc) is 2.42. The van der Waals surface area contributed by atoms with Gasteiger partial charge in [0.05, 0.1) is 19.1 Å². The SMILES string of the molecule is CCOC(=O)CCC(=O)N(CC#N)c1cccc(C)c1. The van der Waals surface area contributed by atoms with Crippen LogP contribution in [-0.2, 0) is 14.3 Å². The van der Waals surface area contributed by atoms with Gasteiger partial charge in [0.15, 0.2) is 0 Å². The van der Waals surface area contributed by atoms with Gasteiger partial charge in [0.25, 0.3) is 0 Å². The highest BCUT2D eigenvalue weighted by molar-refractivity contribution is 5.95. The van der Waals surface area contributed by atoms with Crippen LogP contribution in [0.2, 0.25) is 0 Å². The van der Waals surface area contributed by atoms with Crippen molar-refractivity contribution < 1.29 is 14.3 Å². The Morgan fingerprint density at radius 3 is 2.70 bits per heavy atom. The van der Waals surface area contributed by atoms with E-state index in [1.54, 1.807) is 13.0 Å². The number of ether oxygens (including phenoxy) is 1. The van der Waals surface area contributed by atoms with Crippen LogP contribution in [0, 0.1) is 18.3 Å². The summed E-state index contributed by atoms with van der Waals surface area (Å²) in [7, 11) is 0. The van der Waals surface area contributed by atoms with Crippen molar-refractivity contribution in [1.29, 1.82) is 5.26 Å². The monoisotopic (exact) mass is 274 g/mol. The number of hydrogen-bond acceptors (Lipinski definition) is 4. The topological polar surface area (TPSA) is 70.4 Å². The lowest BCUT2D eigenvalue weighted by molar-refractivity contribution is -0.144. The highest BCUT2D eigenvalue weighted by Crippen LogP contribution is 2.17. The first-order chi connectivity index (χ1) is 9.58. The Balaban J connectivity index is 2.73. The number of aryl methyl sites for hydroxylation is 1. The van der Waals surface area contributed by atoms with Gasteiger partial charge in [-0.15, -0.1) is 0 Å². The van der Waals surface area contributed by atoms with Crippen LogP contribution in [0.1, 0.15) is 25.3 Å². The molecular weight excluding hydrogens is 256 g/mol. The molecule has 5 nitrogen and oxygen atoms in total. The second kappa shape index (κ2) is 7.95. The van der Waals surface area contributed by atoms with Crippen molar-refractivity contribution in [3.8, 4) is 6.07 Å². The molecule has 0 saturated carbocycles. The van der Waals surface area contributed by atoms with E-state index in [0.29, 0.717) is 12.3 Å². The molecule has 0 aliphatic rings. The van der Waals surface area contributed by atoms with Gasteiger partial charge in [-0.05, 0) is 31.5 Å². The first kappa shape index (κ1) is 15.7. The van der Waals surface area contributed by atoms with Crippen molar-refractivity contribution in [3.05, 3.63) is 29.8 Å². The summed E-state index contributed by atoms with van der Waals surface area (Å²) in [4.78, 5) is 24.8. The molecule has 0 aliphatic carbocycles. The lowest BCUT2D eigenvalue weighted by Gasteiger charge is -2.20. The van der Waals surface area contributed by atoms with Gasteiger partial charge < -0.3 is 4.74 Å². The molecule has 0 atom stereocenters. The van der Waals surface area contributed by atoms with Gasteiger partial charge in [-0.25, -0.2) is 0 Å². The van der Waals surface area contributed by atoms with Gasteiger partial charge in [-0.1, -0.05) is 12.1 Å². The molecule has 1 rings (SSSR count). The summed E-state index contributed by atoms with van der Waals surface area (Å²) in [5.74, 6) is -0.660. The lowest BCUT2D eigenvalue weighted by Crippen LogP contribution is -2.31. The average molecular weight is 274 g/mol. The fourth-order valence-corrected chi connectivity index (χ4v) is 1.77. The van der Waals surface area contributed by atoms with Crippen LogP contribution in [0.3, 0.4) is 0 Å². The van der Waals surface area contributed by atoms with Crippen LogP contribution >= 0.6 is 0 Å². The Bertz CT molecular complexity index is 520. The van der Waals surface area contributed by atoms with Gasteiger partial charge in [0.2, 0.25) is 5.91 Å². The molecule has 0 heterocycles. The highest BCUT2D eigenvalue weighted by Gasteiger charge is 2.17. The number of amides is 1. The van der Waals surface area contributed by atoms with Gasteiger partial charge >= 0.3 is 5.97 Å². The summed E-state index contributed by atoms with van der Waals surface area (Å²) in [6.07, 6.45) is 0.0644. The number of carbonyl (C=O) groups is 2. The fourth-order valence-electron chi connectivity index (χ4n) is 1.77. The number of carbonyl (C=O) groups excluding carboxylic acids is 2. The quantitative estimate of drug-likeness (QED) is 0.589. The third-order valence-electron chi connectivity index (χ3n) is 2.69. The molecule has 1 aromatic rings. The molecule has 0 bridgehead atoms. The second-order valence-electron chi connectivity index (χ2n) is 4.28. The lowest BCUT2D eigenvalue weighted by atomic mass is 10.2. The van der Waals surface area contributed by atoms with E-state index in [1.165, 1.54) is 4.90 Å². The van der Waals surface area contributed by atoms with Crippen LogP contribution < -0.4 is 4.90 Å². The van der Waals surface area contributed by atoms with Gasteiger partial charge in [0, 0.05) is 12.1 Å². The molecule has 0 spiro atoms. The smallest absolute Gasteiger partial charge is 0.306 e. The van der Waals surface area contributed by atoms with E-state index in [4.69, 9.17) is 10.00 Å². The number of rotatable bonds is 6. The zero-order valence-corrected chi connectivity index (χ0v) is 11.8. The van der Waals surface area contributed by atoms with Gasteiger partial charge in [-0.3, -0.25) is 14.5 Å². The third kappa shape index (κ3) is 4.73. The number of nitriles is 1. The van der Waals surface area contributed by atoms with E-state index in [-0.39, 0.29) is 25.3 Å². The molecule has 0 saturated heterocycles. The number of esters is 1. The maximum absolute atomic E-state index is 12.1. The second-order valence-corrected chi connectivity index (χ2v) is 4.28. The number of benzene rings is 1. The zero-order valence-electron chi connectivity index (χ0n) is 11.8. The summed E-state index contributed by atoms with van der Waals surface area (Å²) >= 11 is 0. The van der Waals surface area contributed by atoms with Crippen molar-refractivity contribution in [2.45, 2.75) is 26.7 Å². The molecular formula is C15H18N2O3. The maximum atomic E-state index is 12.1. The minimum atomic E-state index is -0.401. The number of hydrogen-bond donors (Lipinski definition) is 0. The van der Waals surface area contributed by atoms with E-state index < -0.39 is 5.97 Å². The predicted molar refractivity (Wildman–Crippen MR) is 75.0 cm³/mol. The van der Waals surface area contributed by atoms with Crippen LogP contribution in [0.4, 0.5) is 5.69 Å². The van der Waals surface area contributed by atoms with Crippen LogP contribution in [-0.4, -0.2) is 25.0 Å². The molecule has 0 fully saturated rings. The summed E-state index contributed by atoms with van der Waals surface area (Å²) in [5, 5.41) is 8.84. The minimum absolute atomic E-state index is 0.0282. The molecule has 1 aromatic carbocycles. The van der Waals surface area contributed by atoms with Crippen molar-refractivity contribution in [1.82, 2.24) is 0 Å². The van der Waals surface area contributed by atoms with Crippen molar-refractivity contribution in [2.75, 3.05) is 18.1 Å². The van der Waals surface area contributed by atoms with E-state index >= 15 is 0 Å². The Morgan fingerprint density at radius 2 is 2.10 bits per heavy atom. The van der Waals surface area contributed by atoms with E-state index in [1.807, 2.05) is 31.2 Å². The normalized spacial score (nSPS) is 9.65. The van der Waals surface area contributed by atoms with Crippen molar-refractivity contribution >= 4 is 17.6 Å². The molecule has 0 radical (unpaired) electrons. The standard InChI is InChI=1S/C15H18N2O3/c1-3-20-15(19)8-7-14(18)17(10-9-16)13-6-4-5-12(2)11-13/h4-6,11H,3,7-8,10H2,1-2H3. The molecule has 1 amide bonds. The van der Waals surface area contributed by atoms with Gasteiger partial charge in [-0.2, -0.15) is 5.26 Å².